The molecule has 1 aromatic rings. The highest BCUT2D eigenvalue weighted by Gasteiger charge is 2.56. The van der Waals surface area contributed by atoms with E-state index in [0.29, 0.717) is 25.0 Å². The van der Waals surface area contributed by atoms with E-state index in [1.807, 2.05) is 25.1 Å². The van der Waals surface area contributed by atoms with E-state index in [4.69, 9.17) is 4.74 Å². The van der Waals surface area contributed by atoms with Crippen molar-refractivity contribution in [1.29, 1.82) is 0 Å². The summed E-state index contributed by atoms with van der Waals surface area (Å²) >= 11 is 0. The van der Waals surface area contributed by atoms with E-state index < -0.39 is 5.60 Å². The van der Waals surface area contributed by atoms with Gasteiger partial charge in [-0.25, -0.2) is 0 Å². The number of benzene rings is 1. The molecule has 4 nitrogen and oxygen atoms in total. The predicted octanol–water partition coefficient (Wildman–Crippen LogP) is 2.33. The van der Waals surface area contributed by atoms with Crippen LogP contribution in [0.2, 0.25) is 0 Å². The SMILES string of the molecule is C[C@@H]1C[C@H](OCc2ccccc2)[C@H]2C[C@H](O)[C@@H]3CC(C)(O)C[C@H]1N23. The second kappa shape index (κ2) is 6.10. The Morgan fingerprint density at radius 3 is 2.58 bits per heavy atom. The molecule has 2 N–H and O–H groups in total. The van der Waals surface area contributed by atoms with Gasteiger partial charge in [-0.3, -0.25) is 4.90 Å². The number of aliphatic hydroxyl groups excluding tert-OH is 1. The minimum absolute atomic E-state index is 0.0781. The van der Waals surface area contributed by atoms with Crippen molar-refractivity contribution >= 4 is 0 Å². The van der Waals surface area contributed by atoms with Gasteiger partial charge in [-0.1, -0.05) is 37.3 Å². The second-order valence-electron chi connectivity index (χ2n) is 8.41. The summed E-state index contributed by atoms with van der Waals surface area (Å²) in [5.74, 6) is 0.474. The lowest BCUT2D eigenvalue weighted by Gasteiger charge is -2.54. The number of piperidine rings is 2. The summed E-state index contributed by atoms with van der Waals surface area (Å²) in [4.78, 5) is 2.49. The Labute approximate surface area is 144 Å². The summed E-state index contributed by atoms with van der Waals surface area (Å²) in [7, 11) is 0. The average Bonchev–Trinajstić information content (AvgIpc) is 2.87. The number of rotatable bonds is 3. The Morgan fingerprint density at radius 2 is 1.83 bits per heavy atom. The molecule has 0 saturated carbocycles. The van der Waals surface area contributed by atoms with Gasteiger partial charge in [0, 0.05) is 18.1 Å². The summed E-state index contributed by atoms with van der Waals surface area (Å²) in [6.07, 6.45) is 3.06. The minimum Gasteiger partial charge on any atom is -0.391 e. The summed E-state index contributed by atoms with van der Waals surface area (Å²) in [6.45, 7) is 4.82. The van der Waals surface area contributed by atoms with Gasteiger partial charge in [0.2, 0.25) is 0 Å². The van der Waals surface area contributed by atoms with Gasteiger partial charge in [0.25, 0.3) is 0 Å². The van der Waals surface area contributed by atoms with Crippen molar-refractivity contribution in [3.8, 4) is 0 Å². The molecule has 0 aromatic heterocycles. The molecule has 7 atom stereocenters. The molecule has 0 aliphatic carbocycles. The number of nitrogens with zero attached hydrogens (tertiary/aromatic N) is 1. The Kier molecular flexibility index (Phi) is 4.20. The molecule has 3 fully saturated rings. The zero-order valence-electron chi connectivity index (χ0n) is 14.6. The third kappa shape index (κ3) is 2.90. The van der Waals surface area contributed by atoms with Crippen molar-refractivity contribution < 1.29 is 14.9 Å². The summed E-state index contributed by atoms with van der Waals surface area (Å²) in [6, 6.07) is 11.0. The summed E-state index contributed by atoms with van der Waals surface area (Å²) in [5.41, 5.74) is 0.539. The van der Waals surface area contributed by atoms with Gasteiger partial charge in [0.15, 0.2) is 0 Å². The van der Waals surface area contributed by atoms with Crippen LogP contribution in [0.1, 0.15) is 45.1 Å². The van der Waals surface area contributed by atoms with E-state index in [0.717, 1.165) is 19.3 Å². The van der Waals surface area contributed by atoms with Crippen molar-refractivity contribution in [2.24, 2.45) is 5.92 Å². The van der Waals surface area contributed by atoms with Gasteiger partial charge in [0.05, 0.1) is 24.4 Å². The molecule has 0 amide bonds. The average molecular weight is 331 g/mol. The fourth-order valence-electron chi connectivity index (χ4n) is 5.27. The highest BCUT2D eigenvalue weighted by Crippen LogP contribution is 2.47. The molecule has 0 radical (unpaired) electrons. The van der Waals surface area contributed by atoms with E-state index in [2.05, 4.69) is 24.0 Å². The first-order valence-electron chi connectivity index (χ1n) is 9.28. The molecule has 24 heavy (non-hydrogen) atoms. The molecule has 0 bridgehead atoms. The van der Waals surface area contributed by atoms with Crippen LogP contribution in [0.5, 0.6) is 0 Å². The largest absolute Gasteiger partial charge is 0.391 e. The van der Waals surface area contributed by atoms with E-state index >= 15 is 0 Å². The monoisotopic (exact) mass is 331 g/mol. The molecule has 3 heterocycles. The molecule has 3 saturated heterocycles. The molecule has 132 valence electrons. The molecule has 4 heteroatoms. The Balaban J connectivity index is 1.51. The van der Waals surface area contributed by atoms with Gasteiger partial charge in [-0.15, -0.1) is 0 Å². The maximum atomic E-state index is 10.6. The summed E-state index contributed by atoms with van der Waals surface area (Å²) < 4.78 is 6.30. The molecule has 0 spiro atoms. The van der Waals surface area contributed by atoms with E-state index in [9.17, 15) is 10.2 Å². The maximum absolute atomic E-state index is 10.6. The summed E-state index contributed by atoms with van der Waals surface area (Å²) in [5, 5.41) is 21.2. The highest BCUT2D eigenvalue weighted by atomic mass is 16.5. The smallest absolute Gasteiger partial charge is 0.0739 e. The van der Waals surface area contributed by atoms with Gasteiger partial charge in [0.1, 0.15) is 0 Å². The topological polar surface area (TPSA) is 52.9 Å². The first-order chi connectivity index (χ1) is 11.4. The van der Waals surface area contributed by atoms with Crippen LogP contribution < -0.4 is 0 Å². The third-order valence-electron chi connectivity index (χ3n) is 6.37. The zero-order valence-corrected chi connectivity index (χ0v) is 14.6. The van der Waals surface area contributed by atoms with Crippen molar-refractivity contribution in [3.05, 3.63) is 35.9 Å². The molecule has 4 rings (SSSR count). The van der Waals surface area contributed by atoms with Crippen LogP contribution in [0.25, 0.3) is 0 Å². The van der Waals surface area contributed by atoms with Crippen LogP contribution in [0.15, 0.2) is 30.3 Å². The van der Waals surface area contributed by atoms with E-state index in [1.165, 1.54) is 5.56 Å². The molecule has 3 aliphatic rings. The number of ether oxygens (including phenoxy) is 1. The van der Waals surface area contributed by atoms with Crippen LogP contribution in [-0.4, -0.2) is 51.0 Å². The van der Waals surface area contributed by atoms with Crippen molar-refractivity contribution in [1.82, 2.24) is 4.90 Å². The third-order valence-corrected chi connectivity index (χ3v) is 6.37. The zero-order chi connectivity index (χ0) is 16.9. The van der Waals surface area contributed by atoms with E-state index in [-0.39, 0.29) is 24.3 Å². The van der Waals surface area contributed by atoms with Crippen LogP contribution in [0, 0.1) is 5.92 Å². The maximum Gasteiger partial charge on any atom is 0.0739 e. The standard InChI is InChI=1S/C20H29NO3/c1-13-8-19(24-12-14-6-4-3-5-7-14)15-9-18(22)17-11-20(2,23)10-16(13)21(15)17/h3-7,13,15-19,22-23H,8-12H2,1-2H3/t13-,15-,16-,17+,18+,19+,20?/m1/s1. The Hall–Kier alpha value is -0.940. The second-order valence-corrected chi connectivity index (χ2v) is 8.41. The van der Waals surface area contributed by atoms with Crippen LogP contribution in [-0.2, 0) is 11.3 Å². The lowest BCUT2D eigenvalue weighted by molar-refractivity contribution is -0.139. The minimum atomic E-state index is -0.659. The van der Waals surface area contributed by atoms with Crippen LogP contribution >= 0.6 is 0 Å². The lowest BCUT2D eigenvalue weighted by atomic mass is 9.75. The van der Waals surface area contributed by atoms with Crippen molar-refractivity contribution in [2.75, 3.05) is 0 Å². The fourth-order valence-corrected chi connectivity index (χ4v) is 5.27. The van der Waals surface area contributed by atoms with E-state index in [1.54, 1.807) is 0 Å². The van der Waals surface area contributed by atoms with Gasteiger partial charge >= 0.3 is 0 Å². The number of aliphatic hydroxyl groups is 2. The first-order valence-corrected chi connectivity index (χ1v) is 9.28. The normalized spacial score (nSPS) is 45.2. The molecule has 3 aliphatic heterocycles. The number of hydrogen-bond acceptors (Lipinski definition) is 4. The molecular formula is C20H29NO3. The van der Waals surface area contributed by atoms with Crippen LogP contribution in [0.3, 0.4) is 0 Å². The van der Waals surface area contributed by atoms with Gasteiger partial charge < -0.3 is 14.9 Å². The first kappa shape index (κ1) is 16.5. The quantitative estimate of drug-likeness (QED) is 0.893. The number of hydrogen-bond donors (Lipinski definition) is 2. The van der Waals surface area contributed by atoms with Crippen LogP contribution in [0.4, 0.5) is 0 Å². The van der Waals surface area contributed by atoms with Crippen molar-refractivity contribution in [2.45, 2.75) is 82.1 Å². The van der Waals surface area contributed by atoms with Crippen molar-refractivity contribution in [3.63, 3.8) is 0 Å². The Morgan fingerprint density at radius 1 is 1.12 bits per heavy atom. The molecule has 1 aromatic carbocycles. The Bertz CT molecular complexity index is 576. The highest BCUT2D eigenvalue weighted by molar-refractivity contribution is 5.14. The van der Waals surface area contributed by atoms with Gasteiger partial charge in [-0.2, -0.15) is 0 Å². The molecule has 1 unspecified atom stereocenters. The lowest BCUT2D eigenvalue weighted by Crippen LogP contribution is -2.63. The molecular weight excluding hydrogens is 302 g/mol. The predicted molar refractivity (Wildman–Crippen MR) is 92.5 cm³/mol. The fraction of sp³-hybridized carbons (Fsp3) is 0.700. The van der Waals surface area contributed by atoms with Gasteiger partial charge in [-0.05, 0) is 44.1 Å².